The monoisotopic (exact) mass is 235 g/mol. The van der Waals surface area contributed by atoms with Crippen molar-refractivity contribution in [2.24, 2.45) is 0 Å². The van der Waals surface area contributed by atoms with Gasteiger partial charge >= 0.3 is 0 Å². The summed E-state index contributed by atoms with van der Waals surface area (Å²) in [6.45, 7) is 7.77. The van der Waals surface area contributed by atoms with Crippen LogP contribution in [0.3, 0.4) is 0 Å². The summed E-state index contributed by atoms with van der Waals surface area (Å²) in [6, 6.07) is 0.399. The number of aryl methyl sites for hydroxylation is 1. The maximum Gasteiger partial charge on any atom is 0.150 e. The van der Waals surface area contributed by atoms with E-state index in [0.717, 1.165) is 39.1 Å². The predicted molar refractivity (Wildman–Crippen MR) is 65.8 cm³/mol. The predicted octanol–water partition coefficient (Wildman–Crippen LogP) is 0.581. The van der Waals surface area contributed by atoms with Crippen LogP contribution in [0.2, 0.25) is 0 Å². The molecule has 1 aromatic heterocycles. The van der Waals surface area contributed by atoms with E-state index in [1.807, 2.05) is 0 Å². The molecule has 1 fully saturated rings. The van der Waals surface area contributed by atoms with Crippen LogP contribution in [0.25, 0.3) is 0 Å². The van der Waals surface area contributed by atoms with Crippen molar-refractivity contribution in [2.45, 2.75) is 38.8 Å². The van der Waals surface area contributed by atoms with E-state index < -0.39 is 0 Å². The SMILES string of the molecule is CC(c1nnc2n1CCCC2)N1CCNCC1. The lowest BCUT2D eigenvalue weighted by atomic mass is 10.1. The molecule has 0 bridgehead atoms. The molecule has 0 aliphatic carbocycles. The van der Waals surface area contributed by atoms with Gasteiger partial charge in [-0.1, -0.05) is 0 Å². The number of hydrogen-bond donors (Lipinski definition) is 1. The van der Waals surface area contributed by atoms with Crippen molar-refractivity contribution in [1.29, 1.82) is 0 Å². The van der Waals surface area contributed by atoms with Crippen LogP contribution in [-0.4, -0.2) is 45.8 Å². The average molecular weight is 235 g/mol. The lowest BCUT2D eigenvalue weighted by Gasteiger charge is -2.32. The fourth-order valence-corrected chi connectivity index (χ4v) is 2.87. The number of fused-ring (bicyclic) bond motifs is 1. The van der Waals surface area contributed by atoms with E-state index in [1.165, 1.54) is 24.5 Å². The van der Waals surface area contributed by atoms with Crippen LogP contribution in [0.4, 0.5) is 0 Å². The Bertz CT molecular complexity index is 380. The fraction of sp³-hybridized carbons (Fsp3) is 0.833. The minimum Gasteiger partial charge on any atom is -0.314 e. The molecule has 1 saturated heterocycles. The molecule has 0 amide bonds. The third-order valence-electron chi connectivity index (χ3n) is 3.96. The van der Waals surface area contributed by atoms with Gasteiger partial charge in [0.25, 0.3) is 0 Å². The first-order valence-electron chi connectivity index (χ1n) is 6.73. The Balaban J connectivity index is 1.80. The third-order valence-corrected chi connectivity index (χ3v) is 3.96. The number of nitrogens with zero attached hydrogens (tertiary/aromatic N) is 4. The van der Waals surface area contributed by atoms with E-state index in [4.69, 9.17) is 0 Å². The van der Waals surface area contributed by atoms with Crippen LogP contribution in [-0.2, 0) is 13.0 Å². The molecular weight excluding hydrogens is 214 g/mol. The molecule has 2 aliphatic heterocycles. The van der Waals surface area contributed by atoms with E-state index in [2.05, 4.69) is 31.9 Å². The van der Waals surface area contributed by atoms with Crippen molar-refractivity contribution in [3.05, 3.63) is 11.6 Å². The van der Waals surface area contributed by atoms with E-state index in [0.29, 0.717) is 6.04 Å². The highest BCUT2D eigenvalue weighted by atomic mass is 15.3. The van der Waals surface area contributed by atoms with E-state index in [-0.39, 0.29) is 0 Å². The average Bonchev–Trinajstić information content (AvgIpc) is 2.83. The Morgan fingerprint density at radius 3 is 2.76 bits per heavy atom. The molecule has 0 aromatic carbocycles. The lowest BCUT2D eigenvalue weighted by molar-refractivity contribution is 0.175. The van der Waals surface area contributed by atoms with Gasteiger partial charge in [-0.3, -0.25) is 4.90 Å². The maximum atomic E-state index is 4.42. The largest absolute Gasteiger partial charge is 0.314 e. The van der Waals surface area contributed by atoms with Gasteiger partial charge in [-0.05, 0) is 19.8 Å². The molecule has 2 aliphatic rings. The topological polar surface area (TPSA) is 46.0 Å². The van der Waals surface area contributed by atoms with Crippen LogP contribution in [0.5, 0.6) is 0 Å². The Morgan fingerprint density at radius 1 is 1.12 bits per heavy atom. The Kier molecular flexibility index (Phi) is 3.11. The lowest BCUT2D eigenvalue weighted by Crippen LogP contribution is -2.45. The highest BCUT2D eigenvalue weighted by Crippen LogP contribution is 2.23. The minimum absolute atomic E-state index is 0.399. The van der Waals surface area contributed by atoms with Crippen molar-refractivity contribution in [3.63, 3.8) is 0 Å². The highest BCUT2D eigenvalue weighted by molar-refractivity contribution is 5.03. The zero-order valence-corrected chi connectivity index (χ0v) is 10.5. The smallest absolute Gasteiger partial charge is 0.150 e. The Labute approximate surface area is 102 Å². The van der Waals surface area contributed by atoms with Gasteiger partial charge in [-0.2, -0.15) is 0 Å². The van der Waals surface area contributed by atoms with Gasteiger partial charge in [0.05, 0.1) is 6.04 Å². The minimum atomic E-state index is 0.399. The Morgan fingerprint density at radius 2 is 1.94 bits per heavy atom. The molecule has 94 valence electrons. The second-order valence-corrected chi connectivity index (χ2v) is 5.05. The van der Waals surface area contributed by atoms with Crippen LogP contribution in [0, 0.1) is 0 Å². The Hall–Kier alpha value is -0.940. The second-order valence-electron chi connectivity index (χ2n) is 5.05. The van der Waals surface area contributed by atoms with Gasteiger partial charge < -0.3 is 9.88 Å². The summed E-state index contributed by atoms with van der Waals surface area (Å²) in [7, 11) is 0. The third kappa shape index (κ3) is 2.09. The van der Waals surface area contributed by atoms with Gasteiger partial charge in [0.2, 0.25) is 0 Å². The van der Waals surface area contributed by atoms with Crippen LogP contribution < -0.4 is 5.32 Å². The first-order valence-corrected chi connectivity index (χ1v) is 6.73. The quantitative estimate of drug-likeness (QED) is 0.814. The molecule has 5 heteroatoms. The van der Waals surface area contributed by atoms with Crippen LogP contribution in [0.1, 0.15) is 37.5 Å². The second kappa shape index (κ2) is 4.74. The summed E-state index contributed by atoms with van der Waals surface area (Å²) < 4.78 is 2.34. The van der Waals surface area contributed by atoms with Crippen molar-refractivity contribution in [3.8, 4) is 0 Å². The van der Waals surface area contributed by atoms with E-state index in [9.17, 15) is 0 Å². The molecule has 0 radical (unpaired) electrons. The summed E-state index contributed by atoms with van der Waals surface area (Å²) in [5, 5.41) is 12.2. The van der Waals surface area contributed by atoms with Crippen molar-refractivity contribution < 1.29 is 0 Å². The van der Waals surface area contributed by atoms with Crippen molar-refractivity contribution in [1.82, 2.24) is 25.0 Å². The van der Waals surface area contributed by atoms with Gasteiger partial charge in [0, 0.05) is 39.1 Å². The molecular formula is C12H21N5. The summed E-state index contributed by atoms with van der Waals surface area (Å²) in [4.78, 5) is 2.50. The first-order chi connectivity index (χ1) is 8.36. The molecule has 3 heterocycles. The van der Waals surface area contributed by atoms with Gasteiger partial charge in [-0.25, -0.2) is 0 Å². The van der Waals surface area contributed by atoms with Crippen molar-refractivity contribution in [2.75, 3.05) is 26.2 Å². The molecule has 0 saturated carbocycles. The summed E-state index contributed by atoms with van der Waals surface area (Å²) >= 11 is 0. The van der Waals surface area contributed by atoms with E-state index in [1.54, 1.807) is 0 Å². The molecule has 17 heavy (non-hydrogen) atoms. The highest BCUT2D eigenvalue weighted by Gasteiger charge is 2.25. The zero-order valence-electron chi connectivity index (χ0n) is 10.5. The molecule has 1 atom stereocenters. The van der Waals surface area contributed by atoms with Crippen molar-refractivity contribution >= 4 is 0 Å². The normalized spacial score (nSPS) is 23.4. The maximum absolute atomic E-state index is 4.42. The number of piperazine rings is 1. The van der Waals surface area contributed by atoms with Crippen LogP contribution in [0.15, 0.2) is 0 Å². The molecule has 1 unspecified atom stereocenters. The number of rotatable bonds is 2. The van der Waals surface area contributed by atoms with Gasteiger partial charge in [0.15, 0.2) is 0 Å². The summed E-state index contributed by atoms with van der Waals surface area (Å²) in [6.07, 6.45) is 3.63. The molecule has 5 nitrogen and oxygen atoms in total. The summed E-state index contributed by atoms with van der Waals surface area (Å²) in [5.74, 6) is 2.36. The fourth-order valence-electron chi connectivity index (χ4n) is 2.87. The first kappa shape index (κ1) is 11.2. The standard InChI is InChI=1S/C12H21N5/c1-10(16-8-5-13-6-9-16)12-15-14-11-4-2-3-7-17(11)12/h10,13H,2-9H2,1H3. The van der Waals surface area contributed by atoms with Gasteiger partial charge in [-0.15, -0.1) is 10.2 Å². The van der Waals surface area contributed by atoms with Crippen LogP contribution >= 0.6 is 0 Å². The zero-order chi connectivity index (χ0) is 11.7. The number of nitrogens with one attached hydrogen (secondary N) is 1. The van der Waals surface area contributed by atoms with Gasteiger partial charge in [0.1, 0.15) is 11.6 Å². The molecule has 1 aromatic rings. The molecule has 0 spiro atoms. The molecule has 3 rings (SSSR count). The number of aromatic nitrogens is 3. The van der Waals surface area contributed by atoms with E-state index >= 15 is 0 Å². The molecule has 1 N–H and O–H groups in total. The number of hydrogen-bond acceptors (Lipinski definition) is 4. The summed E-state index contributed by atoms with van der Waals surface area (Å²) in [5.41, 5.74) is 0.